The van der Waals surface area contributed by atoms with E-state index in [9.17, 15) is 4.79 Å². The molecule has 112 valence electrons. The number of nitrogens with one attached hydrogen (secondary N) is 2. The van der Waals surface area contributed by atoms with E-state index in [0.717, 1.165) is 27.3 Å². The fourth-order valence-electron chi connectivity index (χ4n) is 2.17. The first-order valence-corrected chi connectivity index (χ1v) is 7.89. The SMILES string of the molecule is CC(Nc1ncnc2scc(Cl)c12)c1ccc(NC=O)cc1. The summed E-state index contributed by atoms with van der Waals surface area (Å²) in [6.07, 6.45) is 2.19. The number of fused-ring (bicyclic) bond motifs is 1. The highest BCUT2D eigenvalue weighted by molar-refractivity contribution is 7.17. The molecule has 3 rings (SSSR count). The third-order valence-corrected chi connectivity index (χ3v) is 4.63. The van der Waals surface area contributed by atoms with Gasteiger partial charge in [0.25, 0.3) is 0 Å². The second-order valence-electron chi connectivity index (χ2n) is 4.74. The summed E-state index contributed by atoms with van der Waals surface area (Å²) in [4.78, 5) is 19.8. The van der Waals surface area contributed by atoms with Gasteiger partial charge in [0.2, 0.25) is 6.41 Å². The smallest absolute Gasteiger partial charge is 0.211 e. The second-order valence-corrected chi connectivity index (χ2v) is 6.00. The first kappa shape index (κ1) is 14.7. The van der Waals surface area contributed by atoms with Crippen LogP contribution in [0.4, 0.5) is 11.5 Å². The lowest BCUT2D eigenvalue weighted by atomic mass is 10.1. The third kappa shape index (κ3) is 2.88. The Morgan fingerprint density at radius 3 is 2.77 bits per heavy atom. The van der Waals surface area contributed by atoms with Crippen LogP contribution < -0.4 is 10.6 Å². The fourth-order valence-corrected chi connectivity index (χ4v) is 3.31. The van der Waals surface area contributed by atoms with Gasteiger partial charge in [0.05, 0.1) is 10.4 Å². The van der Waals surface area contributed by atoms with Gasteiger partial charge in [0.15, 0.2) is 0 Å². The summed E-state index contributed by atoms with van der Waals surface area (Å²) in [5, 5.41) is 9.33. The van der Waals surface area contributed by atoms with Gasteiger partial charge in [-0.1, -0.05) is 23.7 Å². The zero-order valence-electron chi connectivity index (χ0n) is 11.7. The lowest BCUT2D eigenvalue weighted by Crippen LogP contribution is -2.08. The Kier molecular flexibility index (Phi) is 4.22. The van der Waals surface area contributed by atoms with Crippen LogP contribution in [0.2, 0.25) is 5.02 Å². The van der Waals surface area contributed by atoms with Crippen LogP contribution in [-0.2, 0) is 4.79 Å². The van der Waals surface area contributed by atoms with Crippen LogP contribution in [0.15, 0.2) is 36.0 Å². The normalized spacial score (nSPS) is 12.1. The molecule has 1 unspecified atom stereocenters. The predicted molar refractivity (Wildman–Crippen MR) is 90.6 cm³/mol. The number of hydrogen-bond acceptors (Lipinski definition) is 5. The van der Waals surface area contributed by atoms with Crippen LogP contribution in [0.3, 0.4) is 0 Å². The van der Waals surface area contributed by atoms with Crippen molar-refractivity contribution in [3.05, 3.63) is 46.6 Å². The predicted octanol–water partition coefficient (Wildman–Crippen LogP) is 4.09. The number of anilines is 2. The Morgan fingerprint density at radius 2 is 2.05 bits per heavy atom. The van der Waals surface area contributed by atoms with Crippen LogP contribution in [-0.4, -0.2) is 16.4 Å². The highest BCUT2D eigenvalue weighted by Crippen LogP contribution is 2.34. The van der Waals surface area contributed by atoms with E-state index in [-0.39, 0.29) is 6.04 Å². The molecule has 0 fully saturated rings. The molecule has 0 aliphatic carbocycles. The Balaban J connectivity index is 1.84. The van der Waals surface area contributed by atoms with Crippen molar-refractivity contribution < 1.29 is 4.79 Å². The molecule has 1 aromatic carbocycles. The number of carbonyl (C=O) groups excluding carboxylic acids is 1. The summed E-state index contributed by atoms with van der Waals surface area (Å²) in [5.74, 6) is 0.721. The second kappa shape index (κ2) is 6.29. The van der Waals surface area contributed by atoms with E-state index >= 15 is 0 Å². The van der Waals surface area contributed by atoms with Crippen molar-refractivity contribution in [3.63, 3.8) is 0 Å². The number of thiophene rings is 1. The molecule has 3 aromatic rings. The van der Waals surface area contributed by atoms with Gasteiger partial charge in [0, 0.05) is 17.1 Å². The van der Waals surface area contributed by atoms with E-state index in [0.29, 0.717) is 11.4 Å². The number of rotatable bonds is 5. The number of halogens is 1. The summed E-state index contributed by atoms with van der Waals surface area (Å²) >= 11 is 7.71. The van der Waals surface area contributed by atoms with Crippen molar-refractivity contribution in [2.24, 2.45) is 0 Å². The van der Waals surface area contributed by atoms with Crippen molar-refractivity contribution in [1.82, 2.24) is 9.97 Å². The summed E-state index contributed by atoms with van der Waals surface area (Å²) in [5.41, 5.74) is 1.84. The lowest BCUT2D eigenvalue weighted by molar-refractivity contribution is -0.105. The Morgan fingerprint density at radius 1 is 1.27 bits per heavy atom. The number of aromatic nitrogens is 2. The molecular weight excluding hydrogens is 320 g/mol. The van der Waals surface area contributed by atoms with Gasteiger partial charge < -0.3 is 10.6 Å². The lowest BCUT2D eigenvalue weighted by Gasteiger charge is -2.16. The van der Waals surface area contributed by atoms with Crippen molar-refractivity contribution in [2.75, 3.05) is 10.6 Å². The fraction of sp³-hybridized carbons (Fsp3) is 0.133. The largest absolute Gasteiger partial charge is 0.363 e. The van der Waals surface area contributed by atoms with Crippen LogP contribution in [0, 0.1) is 0 Å². The number of hydrogen-bond donors (Lipinski definition) is 2. The van der Waals surface area contributed by atoms with E-state index in [2.05, 4.69) is 20.6 Å². The van der Waals surface area contributed by atoms with E-state index in [1.54, 1.807) is 0 Å². The number of amides is 1. The molecule has 0 radical (unpaired) electrons. The maximum Gasteiger partial charge on any atom is 0.211 e. The zero-order chi connectivity index (χ0) is 15.5. The molecule has 5 nitrogen and oxygen atoms in total. The van der Waals surface area contributed by atoms with Crippen LogP contribution in [0.5, 0.6) is 0 Å². The molecule has 0 bridgehead atoms. The van der Waals surface area contributed by atoms with Crippen molar-refractivity contribution in [2.45, 2.75) is 13.0 Å². The van der Waals surface area contributed by atoms with Crippen LogP contribution in [0.25, 0.3) is 10.2 Å². The third-order valence-electron chi connectivity index (χ3n) is 3.31. The first-order chi connectivity index (χ1) is 10.7. The average Bonchev–Trinajstić information content (AvgIpc) is 2.91. The minimum absolute atomic E-state index is 0.0411. The number of carbonyl (C=O) groups is 1. The van der Waals surface area contributed by atoms with Crippen LogP contribution >= 0.6 is 22.9 Å². The summed E-state index contributed by atoms with van der Waals surface area (Å²) in [6.45, 7) is 2.04. The van der Waals surface area contributed by atoms with Gasteiger partial charge in [0.1, 0.15) is 17.0 Å². The molecule has 2 aromatic heterocycles. The molecule has 2 heterocycles. The summed E-state index contributed by atoms with van der Waals surface area (Å²) in [6, 6.07) is 7.66. The molecule has 2 N–H and O–H groups in total. The van der Waals surface area contributed by atoms with Crippen molar-refractivity contribution in [1.29, 1.82) is 0 Å². The van der Waals surface area contributed by atoms with Gasteiger partial charge in [-0.3, -0.25) is 4.79 Å². The van der Waals surface area contributed by atoms with Gasteiger partial charge in [-0.2, -0.15) is 0 Å². The molecule has 22 heavy (non-hydrogen) atoms. The molecule has 0 saturated carbocycles. The molecule has 0 spiro atoms. The van der Waals surface area contributed by atoms with Gasteiger partial charge in [-0.25, -0.2) is 9.97 Å². The van der Waals surface area contributed by atoms with Gasteiger partial charge in [-0.05, 0) is 24.6 Å². The molecule has 7 heteroatoms. The summed E-state index contributed by atoms with van der Waals surface area (Å²) < 4.78 is 0. The molecule has 1 atom stereocenters. The topological polar surface area (TPSA) is 66.9 Å². The highest BCUT2D eigenvalue weighted by Gasteiger charge is 2.13. The van der Waals surface area contributed by atoms with Gasteiger partial charge >= 0.3 is 0 Å². The Labute approximate surface area is 136 Å². The summed E-state index contributed by atoms with van der Waals surface area (Å²) in [7, 11) is 0. The molecular formula is C15H13ClN4OS. The van der Waals surface area contributed by atoms with Crippen molar-refractivity contribution >= 4 is 51.1 Å². The first-order valence-electron chi connectivity index (χ1n) is 6.63. The Hall–Kier alpha value is -2.18. The maximum atomic E-state index is 10.4. The van der Waals surface area contributed by atoms with Gasteiger partial charge in [-0.15, -0.1) is 11.3 Å². The van der Waals surface area contributed by atoms with Crippen LogP contribution in [0.1, 0.15) is 18.5 Å². The number of nitrogens with zero attached hydrogens (tertiary/aromatic N) is 2. The molecule has 0 aliphatic rings. The van der Waals surface area contributed by atoms with E-state index in [1.807, 2.05) is 36.6 Å². The Bertz CT molecular complexity index is 803. The standard InChI is InChI=1S/C15H13ClN4OS/c1-9(10-2-4-11(5-3-10)19-8-21)20-14-13-12(16)6-22-15(13)18-7-17-14/h2-9H,1H3,(H,19,21)(H,17,18,20). The quantitative estimate of drug-likeness (QED) is 0.691. The minimum Gasteiger partial charge on any atom is -0.363 e. The molecule has 1 amide bonds. The van der Waals surface area contributed by atoms with E-state index < -0.39 is 0 Å². The average molecular weight is 333 g/mol. The minimum atomic E-state index is 0.0411. The molecule has 0 saturated heterocycles. The zero-order valence-corrected chi connectivity index (χ0v) is 13.3. The monoisotopic (exact) mass is 332 g/mol. The van der Waals surface area contributed by atoms with E-state index in [1.165, 1.54) is 17.7 Å². The van der Waals surface area contributed by atoms with Crippen molar-refractivity contribution in [3.8, 4) is 0 Å². The highest BCUT2D eigenvalue weighted by atomic mass is 35.5. The maximum absolute atomic E-state index is 10.4. The molecule has 0 aliphatic heterocycles. The number of benzene rings is 1. The van der Waals surface area contributed by atoms with E-state index in [4.69, 9.17) is 11.6 Å².